The summed E-state index contributed by atoms with van der Waals surface area (Å²) in [4.78, 5) is 14.4. The Kier molecular flexibility index (Phi) is 4.46. The van der Waals surface area contributed by atoms with Gasteiger partial charge in [0.25, 0.3) is 0 Å². The SMILES string of the molecule is Cc1cc(NC(=O)N2Cc3ccccc3OC(C)C2)nn1C(C)C. The summed E-state index contributed by atoms with van der Waals surface area (Å²) in [5, 5.41) is 7.36. The number of anilines is 1. The van der Waals surface area contributed by atoms with Crippen LogP contribution in [0.2, 0.25) is 0 Å². The molecule has 0 fully saturated rings. The minimum atomic E-state index is -0.157. The number of amides is 2. The van der Waals surface area contributed by atoms with E-state index < -0.39 is 0 Å². The van der Waals surface area contributed by atoms with Gasteiger partial charge in [-0.25, -0.2) is 4.79 Å². The fraction of sp³-hybridized carbons (Fsp3) is 0.444. The Morgan fingerprint density at radius 3 is 2.83 bits per heavy atom. The number of nitrogens with zero attached hydrogens (tertiary/aromatic N) is 3. The molecule has 128 valence electrons. The molecule has 1 unspecified atom stereocenters. The van der Waals surface area contributed by atoms with E-state index in [0.717, 1.165) is 17.0 Å². The molecule has 6 nitrogen and oxygen atoms in total. The Bertz CT molecular complexity index is 738. The standard InChI is InChI=1S/C18H24N4O2/c1-12(2)22-13(3)9-17(20-22)19-18(23)21-10-14(4)24-16-8-6-5-7-15(16)11-21/h5-9,12,14H,10-11H2,1-4H3,(H,19,20,23). The van der Waals surface area contributed by atoms with E-state index in [4.69, 9.17) is 4.74 Å². The number of fused-ring (bicyclic) bond motifs is 1. The summed E-state index contributed by atoms with van der Waals surface area (Å²) in [6.45, 7) is 9.15. The van der Waals surface area contributed by atoms with E-state index >= 15 is 0 Å². The van der Waals surface area contributed by atoms with Crippen molar-refractivity contribution >= 4 is 11.8 Å². The lowest BCUT2D eigenvalue weighted by Gasteiger charge is -2.22. The summed E-state index contributed by atoms with van der Waals surface area (Å²) >= 11 is 0. The first-order valence-electron chi connectivity index (χ1n) is 8.30. The number of para-hydroxylation sites is 1. The predicted molar refractivity (Wildman–Crippen MR) is 93.3 cm³/mol. The highest BCUT2D eigenvalue weighted by atomic mass is 16.5. The van der Waals surface area contributed by atoms with Crippen molar-refractivity contribution in [3.63, 3.8) is 0 Å². The minimum absolute atomic E-state index is 0.0608. The van der Waals surface area contributed by atoms with Crippen LogP contribution in [-0.2, 0) is 6.54 Å². The lowest BCUT2D eigenvalue weighted by Crippen LogP contribution is -2.39. The van der Waals surface area contributed by atoms with E-state index in [0.29, 0.717) is 18.9 Å². The Morgan fingerprint density at radius 1 is 1.38 bits per heavy atom. The van der Waals surface area contributed by atoms with Crippen LogP contribution in [0, 0.1) is 6.92 Å². The van der Waals surface area contributed by atoms with E-state index in [9.17, 15) is 4.79 Å². The summed E-state index contributed by atoms with van der Waals surface area (Å²) in [7, 11) is 0. The molecule has 0 aliphatic carbocycles. The maximum absolute atomic E-state index is 12.7. The molecule has 0 radical (unpaired) electrons. The van der Waals surface area contributed by atoms with Gasteiger partial charge in [0.05, 0.1) is 13.1 Å². The lowest BCUT2D eigenvalue weighted by atomic mass is 10.2. The number of benzene rings is 1. The van der Waals surface area contributed by atoms with E-state index in [1.807, 2.05) is 48.9 Å². The average Bonchev–Trinajstić information content (AvgIpc) is 2.79. The first-order chi connectivity index (χ1) is 11.4. The van der Waals surface area contributed by atoms with Crippen LogP contribution in [0.25, 0.3) is 0 Å². The van der Waals surface area contributed by atoms with Crippen LogP contribution < -0.4 is 10.1 Å². The first-order valence-corrected chi connectivity index (χ1v) is 8.30. The molecular weight excluding hydrogens is 304 g/mol. The Labute approximate surface area is 142 Å². The zero-order valence-corrected chi connectivity index (χ0v) is 14.6. The smallest absolute Gasteiger partial charge is 0.323 e. The summed E-state index contributed by atoms with van der Waals surface area (Å²) < 4.78 is 7.80. The lowest BCUT2D eigenvalue weighted by molar-refractivity contribution is 0.166. The van der Waals surface area contributed by atoms with Crippen molar-refractivity contribution in [1.82, 2.24) is 14.7 Å². The number of aryl methyl sites for hydroxylation is 1. The maximum atomic E-state index is 12.7. The van der Waals surface area contributed by atoms with E-state index in [2.05, 4.69) is 24.3 Å². The molecule has 6 heteroatoms. The third kappa shape index (κ3) is 3.37. The highest BCUT2D eigenvalue weighted by Gasteiger charge is 2.24. The van der Waals surface area contributed by atoms with Crippen LogP contribution in [0.1, 0.15) is 38.1 Å². The van der Waals surface area contributed by atoms with Crippen LogP contribution in [0.4, 0.5) is 10.6 Å². The molecule has 1 aliphatic rings. The van der Waals surface area contributed by atoms with Crippen LogP contribution in [0.5, 0.6) is 5.75 Å². The molecule has 1 aliphatic heterocycles. The predicted octanol–water partition coefficient (Wildman–Crippen LogP) is 3.59. The minimum Gasteiger partial charge on any atom is -0.489 e. The molecule has 2 aromatic rings. The first kappa shape index (κ1) is 16.4. The highest BCUT2D eigenvalue weighted by molar-refractivity contribution is 5.88. The number of aromatic nitrogens is 2. The fourth-order valence-electron chi connectivity index (χ4n) is 3.00. The quantitative estimate of drug-likeness (QED) is 0.916. The molecule has 2 amide bonds. The normalized spacial score (nSPS) is 17.2. The van der Waals surface area contributed by atoms with Crippen molar-refractivity contribution in [1.29, 1.82) is 0 Å². The third-order valence-electron chi connectivity index (χ3n) is 4.07. The number of hydrogen-bond donors (Lipinski definition) is 1. The second kappa shape index (κ2) is 6.55. The largest absolute Gasteiger partial charge is 0.489 e. The number of urea groups is 1. The zero-order valence-electron chi connectivity index (χ0n) is 14.6. The van der Waals surface area contributed by atoms with Crippen molar-refractivity contribution in [3.05, 3.63) is 41.6 Å². The fourth-order valence-corrected chi connectivity index (χ4v) is 3.00. The Morgan fingerprint density at radius 2 is 2.12 bits per heavy atom. The van der Waals surface area contributed by atoms with Gasteiger partial charge < -0.3 is 9.64 Å². The molecule has 3 rings (SSSR count). The van der Waals surface area contributed by atoms with Crippen molar-refractivity contribution in [3.8, 4) is 5.75 Å². The number of carbonyl (C=O) groups is 1. The van der Waals surface area contributed by atoms with Gasteiger partial charge in [0.2, 0.25) is 0 Å². The van der Waals surface area contributed by atoms with Crippen LogP contribution in [0.15, 0.2) is 30.3 Å². The molecule has 24 heavy (non-hydrogen) atoms. The number of hydrogen-bond acceptors (Lipinski definition) is 3. The van der Waals surface area contributed by atoms with Crippen LogP contribution in [0.3, 0.4) is 0 Å². The molecule has 0 bridgehead atoms. The van der Waals surface area contributed by atoms with Gasteiger partial charge in [-0.2, -0.15) is 5.10 Å². The second-order valence-corrected chi connectivity index (χ2v) is 6.56. The molecule has 1 atom stereocenters. The monoisotopic (exact) mass is 328 g/mol. The van der Waals surface area contributed by atoms with Gasteiger partial charge >= 0.3 is 6.03 Å². The Hall–Kier alpha value is -2.50. The average molecular weight is 328 g/mol. The topological polar surface area (TPSA) is 59.4 Å². The number of carbonyl (C=O) groups excluding carboxylic acids is 1. The van der Waals surface area contributed by atoms with Crippen molar-refractivity contribution < 1.29 is 9.53 Å². The van der Waals surface area contributed by atoms with Gasteiger partial charge in [-0.05, 0) is 33.8 Å². The number of rotatable bonds is 2. The summed E-state index contributed by atoms with van der Waals surface area (Å²) in [6, 6.07) is 9.84. The van der Waals surface area contributed by atoms with Gasteiger partial charge in [0, 0.05) is 23.4 Å². The molecule has 0 spiro atoms. The van der Waals surface area contributed by atoms with Crippen molar-refractivity contribution in [2.75, 3.05) is 11.9 Å². The third-order valence-corrected chi connectivity index (χ3v) is 4.07. The molecular formula is C18H24N4O2. The van der Waals surface area contributed by atoms with E-state index in [1.54, 1.807) is 4.90 Å². The molecule has 0 saturated heterocycles. The zero-order chi connectivity index (χ0) is 17.3. The van der Waals surface area contributed by atoms with Crippen LogP contribution >= 0.6 is 0 Å². The van der Waals surface area contributed by atoms with Gasteiger partial charge in [0.15, 0.2) is 5.82 Å². The molecule has 2 heterocycles. The van der Waals surface area contributed by atoms with Gasteiger partial charge in [0.1, 0.15) is 11.9 Å². The maximum Gasteiger partial charge on any atom is 0.323 e. The van der Waals surface area contributed by atoms with Gasteiger partial charge in [-0.15, -0.1) is 0 Å². The van der Waals surface area contributed by atoms with Gasteiger partial charge in [-0.3, -0.25) is 10.00 Å². The second-order valence-electron chi connectivity index (χ2n) is 6.56. The van der Waals surface area contributed by atoms with Crippen molar-refractivity contribution in [2.45, 2.75) is 46.4 Å². The number of ether oxygens (including phenoxy) is 1. The number of nitrogens with one attached hydrogen (secondary N) is 1. The molecule has 1 aromatic carbocycles. The molecule has 1 N–H and O–H groups in total. The molecule has 0 saturated carbocycles. The summed E-state index contributed by atoms with van der Waals surface area (Å²) in [6.07, 6.45) is -0.0608. The summed E-state index contributed by atoms with van der Waals surface area (Å²) in [5.41, 5.74) is 2.04. The van der Waals surface area contributed by atoms with E-state index in [-0.39, 0.29) is 18.2 Å². The molecule has 1 aromatic heterocycles. The van der Waals surface area contributed by atoms with Crippen LogP contribution in [-0.4, -0.2) is 33.4 Å². The van der Waals surface area contributed by atoms with Gasteiger partial charge in [-0.1, -0.05) is 18.2 Å². The van der Waals surface area contributed by atoms with Crippen molar-refractivity contribution in [2.24, 2.45) is 0 Å². The highest BCUT2D eigenvalue weighted by Crippen LogP contribution is 2.25. The summed E-state index contributed by atoms with van der Waals surface area (Å²) in [5.74, 6) is 1.43. The Balaban J connectivity index is 1.76. The van der Waals surface area contributed by atoms with E-state index in [1.165, 1.54) is 0 Å².